The predicted molar refractivity (Wildman–Crippen MR) is 47.4 cm³/mol. The van der Waals surface area contributed by atoms with E-state index in [0.717, 1.165) is 0 Å². The fraction of sp³-hybridized carbons (Fsp3) is 0.375. The van der Waals surface area contributed by atoms with Gasteiger partial charge in [0.2, 0.25) is 0 Å². The van der Waals surface area contributed by atoms with E-state index in [0.29, 0.717) is 5.82 Å². The highest BCUT2D eigenvalue weighted by Crippen LogP contribution is 2.10. The molecule has 0 atom stereocenters. The Bertz CT molecular complexity index is 298. The molecule has 0 aromatic carbocycles. The van der Waals surface area contributed by atoms with Crippen molar-refractivity contribution in [3.63, 3.8) is 0 Å². The molecule has 0 amide bonds. The number of hydrogen-bond donors (Lipinski definition) is 2. The number of carboxylic acid groups (broad SMARTS) is 1. The predicted octanol–water partition coefficient (Wildman–Crippen LogP) is 0.752. The van der Waals surface area contributed by atoms with Crippen molar-refractivity contribution in [1.29, 1.82) is 0 Å². The zero-order chi connectivity index (χ0) is 9.90. The number of nitrogens with one attached hydrogen (secondary N) is 1. The number of nitrogens with zero attached hydrogens (tertiary/aromatic N) is 2. The van der Waals surface area contributed by atoms with Crippen LogP contribution in [0.1, 0.15) is 13.8 Å². The zero-order valence-electron chi connectivity index (χ0n) is 7.48. The highest BCUT2D eigenvalue weighted by atomic mass is 16.4. The van der Waals surface area contributed by atoms with Crippen LogP contribution in [0.3, 0.4) is 0 Å². The maximum absolute atomic E-state index is 10.7. The molecule has 0 aliphatic rings. The van der Waals surface area contributed by atoms with Crippen LogP contribution in [0.2, 0.25) is 0 Å². The molecule has 0 aliphatic carbocycles. The SMILES string of the molecule is CC(C)(Nc1cnccn1)C(=O)O. The van der Waals surface area contributed by atoms with Gasteiger partial charge in [0.25, 0.3) is 0 Å². The second-order valence-corrected chi connectivity index (χ2v) is 3.15. The van der Waals surface area contributed by atoms with Gasteiger partial charge in [-0.1, -0.05) is 0 Å². The molecule has 13 heavy (non-hydrogen) atoms. The molecule has 5 nitrogen and oxygen atoms in total. The van der Waals surface area contributed by atoms with Crippen LogP contribution >= 0.6 is 0 Å². The third-order valence-corrected chi connectivity index (χ3v) is 1.54. The van der Waals surface area contributed by atoms with Gasteiger partial charge >= 0.3 is 5.97 Å². The quantitative estimate of drug-likeness (QED) is 0.719. The largest absolute Gasteiger partial charge is 0.480 e. The molecule has 70 valence electrons. The Morgan fingerprint density at radius 3 is 2.69 bits per heavy atom. The van der Waals surface area contributed by atoms with E-state index >= 15 is 0 Å². The number of rotatable bonds is 3. The van der Waals surface area contributed by atoms with Gasteiger partial charge in [0, 0.05) is 12.4 Å². The lowest BCUT2D eigenvalue weighted by atomic mass is 10.1. The molecule has 1 rings (SSSR count). The lowest BCUT2D eigenvalue weighted by Gasteiger charge is -2.20. The van der Waals surface area contributed by atoms with E-state index in [1.165, 1.54) is 18.6 Å². The number of aliphatic carboxylic acids is 1. The smallest absolute Gasteiger partial charge is 0.328 e. The van der Waals surface area contributed by atoms with Crippen molar-refractivity contribution in [2.75, 3.05) is 5.32 Å². The van der Waals surface area contributed by atoms with Gasteiger partial charge in [0.1, 0.15) is 11.4 Å². The molecule has 0 bridgehead atoms. The van der Waals surface area contributed by atoms with Gasteiger partial charge in [-0.15, -0.1) is 0 Å². The fourth-order valence-corrected chi connectivity index (χ4v) is 0.737. The molecule has 0 radical (unpaired) electrons. The van der Waals surface area contributed by atoms with E-state index in [9.17, 15) is 4.79 Å². The van der Waals surface area contributed by atoms with Crippen molar-refractivity contribution in [3.05, 3.63) is 18.6 Å². The minimum Gasteiger partial charge on any atom is -0.480 e. The number of hydrogen-bond acceptors (Lipinski definition) is 4. The monoisotopic (exact) mass is 181 g/mol. The molecule has 0 spiro atoms. The summed E-state index contributed by atoms with van der Waals surface area (Å²) in [6.07, 6.45) is 4.50. The van der Waals surface area contributed by atoms with Gasteiger partial charge in [-0.25, -0.2) is 9.78 Å². The first-order valence-electron chi connectivity index (χ1n) is 3.80. The molecule has 0 fully saturated rings. The first kappa shape index (κ1) is 9.44. The van der Waals surface area contributed by atoms with Crippen molar-refractivity contribution >= 4 is 11.8 Å². The number of aromatic nitrogens is 2. The van der Waals surface area contributed by atoms with Gasteiger partial charge < -0.3 is 10.4 Å². The van der Waals surface area contributed by atoms with Crippen LogP contribution < -0.4 is 5.32 Å². The summed E-state index contributed by atoms with van der Waals surface area (Å²) in [5.41, 5.74) is -1.03. The van der Waals surface area contributed by atoms with Gasteiger partial charge in [-0.2, -0.15) is 0 Å². The van der Waals surface area contributed by atoms with Crippen LogP contribution in [0.5, 0.6) is 0 Å². The van der Waals surface area contributed by atoms with E-state index in [1.54, 1.807) is 13.8 Å². The Balaban J connectivity index is 2.75. The molecule has 1 aromatic heterocycles. The summed E-state index contributed by atoms with van der Waals surface area (Å²) in [4.78, 5) is 18.4. The molecule has 5 heteroatoms. The Morgan fingerprint density at radius 2 is 2.23 bits per heavy atom. The van der Waals surface area contributed by atoms with Crippen molar-refractivity contribution in [2.24, 2.45) is 0 Å². The number of carboxylic acids is 1. The Labute approximate surface area is 75.8 Å². The fourth-order valence-electron chi connectivity index (χ4n) is 0.737. The summed E-state index contributed by atoms with van der Waals surface area (Å²) in [5.74, 6) is -0.479. The van der Waals surface area contributed by atoms with Crippen LogP contribution in [0.4, 0.5) is 5.82 Å². The summed E-state index contributed by atoms with van der Waals surface area (Å²) in [5, 5.41) is 11.5. The van der Waals surface area contributed by atoms with Gasteiger partial charge in [0.05, 0.1) is 6.20 Å². The summed E-state index contributed by atoms with van der Waals surface area (Å²) in [6.45, 7) is 3.12. The second-order valence-electron chi connectivity index (χ2n) is 3.15. The first-order chi connectivity index (χ1) is 6.02. The van der Waals surface area contributed by atoms with Gasteiger partial charge in [0.15, 0.2) is 0 Å². The topological polar surface area (TPSA) is 75.1 Å². The molecule has 0 aliphatic heterocycles. The van der Waals surface area contributed by atoms with Crippen LogP contribution in [0.15, 0.2) is 18.6 Å². The summed E-state index contributed by atoms with van der Waals surface area (Å²) >= 11 is 0. The minimum atomic E-state index is -1.03. The van der Waals surface area contributed by atoms with E-state index in [-0.39, 0.29) is 0 Å². The summed E-state index contributed by atoms with van der Waals surface area (Å²) < 4.78 is 0. The van der Waals surface area contributed by atoms with Crippen LogP contribution in [0, 0.1) is 0 Å². The first-order valence-corrected chi connectivity index (χ1v) is 3.80. The van der Waals surface area contributed by atoms with Gasteiger partial charge in [-0.05, 0) is 13.8 Å². The number of carbonyl (C=O) groups is 1. The molecule has 0 saturated heterocycles. The van der Waals surface area contributed by atoms with E-state index in [1.807, 2.05) is 0 Å². The average molecular weight is 181 g/mol. The van der Waals surface area contributed by atoms with Crippen LogP contribution in [-0.4, -0.2) is 26.6 Å². The molecule has 2 N–H and O–H groups in total. The second kappa shape index (κ2) is 3.38. The lowest BCUT2D eigenvalue weighted by molar-refractivity contribution is -0.141. The average Bonchev–Trinajstić information content (AvgIpc) is 2.05. The van der Waals surface area contributed by atoms with Gasteiger partial charge in [-0.3, -0.25) is 4.98 Å². The molecule has 1 aromatic rings. The summed E-state index contributed by atoms with van der Waals surface area (Å²) in [7, 11) is 0. The Kier molecular flexibility index (Phi) is 2.46. The van der Waals surface area contributed by atoms with Crippen LogP contribution in [-0.2, 0) is 4.79 Å². The van der Waals surface area contributed by atoms with Crippen molar-refractivity contribution in [1.82, 2.24) is 9.97 Å². The molecule has 1 heterocycles. The van der Waals surface area contributed by atoms with E-state index in [4.69, 9.17) is 5.11 Å². The van der Waals surface area contributed by atoms with Crippen molar-refractivity contribution in [2.45, 2.75) is 19.4 Å². The normalized spacial score (nSPS) is 10.9. The molecule has 0 saturated carbocycles. The maximum Gasteiger partial charge on any atom is 0.328 e. The number of anilines is 1. The van der Waals surface area contributed by atoms with Crippen molar-refractivity contribution in [3.8, 4) is 0 Å². The summed E-state index contributed by atoms with van der Waals surface area (Å²) in [6, 6.07) is 0. The Hall–Kier alpha value is -1.65. The standard InChI is InChI=1S/C8H11N3O2/c1-8(2,7(12)13)11-6-5-9-3-4-10-6/h3-5H,1-2H3,(H,10,11)(H,12,13). The zero-order valence-corrected chi connectivity index (χ0v) is 7.48. The van der Waals surface area contributed by atoms with E-state index in [2.05, 4.69) is 15.3 Å². The Morgan fingerprint density at radius 1 is 1.54 bits per heavy atom. The molecular formula is C8H11N3O2. The maximum atomic E-state index is 10.7. The highest BCUT2D eigenvalue weighted by Gasteiger charge is 2.26. The highest BCUT2D eigenvalue weighted by molar-refractivity contribution is 5.81. The molecule has 0 unspecified atom stereocenters. The van der Waals surface area contributed by atoms with E-state index < -0.39 is 11.5 Å². The molecular weight excluding hydrogens is 170 g/mol. The van der Waals surface area contributed by atoms with Crippen LogP contribution in [0.25, 0.3) is 0 Å². The minimum absolute atomic E-state index is 0.454. The van der Waals surface area contributed by atoms with Crippen molar-refractivity contribution < 1.29 is 9.90 Å². The lowest BCUT2D eigenvalue weighted by Crippen LogP contribution is -2.40. The third kappa shape index (κ3) is 2.40. The third-order valence-electron chi connectivity index (χ3n) is 1.54.